The molecule has 0 aliphatic rings. The predicted molar refractivity (Wildman–Crippen MR) is 133 cm³/mol. The lowest BCUT2D eigenvalue weighted by Gasteiger charge is -2.25. The van der Waals surface area contributed by atoms with Gasteiger partial charge >= 0.3 is 0 Å². The zero-order valence-electron chi connectivity index (χ0n) is 18.8. The van der Waals surface area contributed by atoms with Crippen LogP contribution in [0, 0.1) is 12.3 Å². The van der Waals surface area contributed by atoms with E-state index < -0.39 is 5.41 Å². The van der Waals surface area contributed by atoms with Crippen molar-refractivity contribution in [1.29, 1.82) is 0 Å². The smallest absolute Gasteiger partial charge is 0.120 e. The predicted octanol–water partition coefficient (Wildman–Crippen LogP) is 6.95. The molecule has 0 bridgehead atoms. The van der Waals surface area contributed by atoms with Crippen molar-refractivity contribution in [3.05, 3.63) is 102 Å². The molecule has 0 unspecified atom stereocenters. The van der Waals surface area contributed by atoms with Gasteiger partial charge in [-0.05, 0) is 53.9 Å². The fourth-order valence-corrected chi connectivity index (χ4v) is 3.20. The third-order valence-corrected chi connectivity index (χ3v) is 5.63. The molecule has 2 aromatic carbocycles. The number of halogens is 1. The minimum absolute atomic E-state index is 0.135. The minimum Gasteiger partial charge on any atom is -0.512 e. The van der Waals surface area contributed by atoms with Crippen LogP contribution in [0.5, 0.6) is 5.75 Å². The first-order valence-corrected chi connectivity index (χ1v) is 10.8. The molecular formula is C27H29ClN2O2. The van der Waals surface area contributed by atoms with Gasteiger partial charge in [0.2, 0.25) is 0 Å². The van der Waals surface area contributed by atoms with E-state index in [0.717, 1.165) is 33.7 Å². The Morgan fingerprint density at radius 3 is 2.47 bits per heavy atom. The Kier molecular flexibility index (Phi) is 7.26. The maximum Gasteiger partial charge on any atom is 0.120 e. The highest BCUT2D eigenvalue weighted by Gasteiger charge is 2.22. The van der Waals surface area contributed by atoms with Crippen molar-refractivity contribution >= 4 is 17.3 Å². The van der Waals surface area contributed by atoms with Crippen molar-refractivity contribution in [2.45, 2.75) is 27.4 Å². The zero-order valence-corrected chi connectivity index (χ0v) is 19.5. The van der Waals surface area contributed by atoms with E-state index in [9.17, 15) is 5.11 Å². The number of aliphatic hydroxyl groups excluding tert-OH is 1. The summed E-state index contributed by atoms with van der Waals surface area (Å²) in [5.41, 5.74) is 5.14. The van der Waals surface area contributed by atoms with Gasteiger partial charge in [-0.25, -0.2) is 0 Å². The van der Waals surface area contributed by atoms with Crippen molar-refractivity contribution in [1.82, 2.24) is 10.3 Å². The average Bonchev–Trinajstić information content (AvgIpc) is 2.77. The van der Waals surface area contributed by atoms with Gasteiger partial charge in [0.05, 0.1) is 17.2 Å². The van der Waals surface area contributed by atoms with Gasteiger partial charge in [-0.1, -0.05) is 62.9 Å². The second-order valence-electron chi connectivity index (χ2n) is 8.50. The molecule has 32 heavy (non-hydrogen) atoms. The van der Waals surface area contributed by atoms with Crippen molar-refractivity contribution in [2.75, 3.05) is 6.54 Å². The summed E-state index contributed by atoms with van der Waals surface area (Å²) in [4.78, 5) is 4.63. The summed E-state index contributed by atoms with van der Waals surface area (Å²) in [7, 11) is 0. The van der Waals surface area contributed by atoms with Crippen LogP contribution >= 0.6 is 11.6 Å². The van der Waals surface area contributed by atoms with Gasteiger partial charge in [0.15, 0.2) is 0 Å². The molecule has 0 spiro atoms. The number of nitrogens with one attached hydrogen (secondary N) is 1. The van der Waals surface area contributed by atoms with E-state index in [-0.39, 0.29) is 5.76 Å². The van der Waals surface area contributed by atoms with Gasteiger partial charge in [-0.15, -0.1) is 0 Å². The number of hydrogen-bond donors (Lipinski definition) is 2. The van der Waals surface area contributed by atoms with Gasteiger partial charge in [0.1, 0.15) is 12.4 Å². The Morgan fingerprint density at radius 1 is 1.09 bits per heavy atom. The number of pyridine rings is 1. The molecule has 3 rings (SSSR count). The molecule has 0 aliphatic carbocycles. The standard InChI is InChI=1S/C27H29ClN2O2/c1-18-13-23(15-29-26(18)19(2)30-17-27(4,5)20(3)31)22-7-6-8-25(14-22)32-16-21-9-11-24(28)12-10-21/h6-15,30-31H,2-3,16-17H2,1,4-5H3. The number of nitrogens with zero attached hydrogens (tertiary/aromatic N) is 1. The Labute approximate surface area is 195 Å². The average molecular weight is 449 g/mol. The first-order chi connectivity index (χ1) is 15.2. The Hall–Kier alpha value is -3.24. The van der Waals surface area contributed by atoms with Crippen LogP contribution in [0.15, 0.2) is 79.7 Å². The summed E-state index contributed by atoms with van der Waals surface area (Å²) >= 11 is 5.94. The van der Waals surface area contributed by atoms with E-state index in [2.05, 4.69) is 29.5 Å². The highest BCUT2D eigenvalue weighted by atomic mass is 35.5. The van der Waals surface area contributed by atoms with Gasteiger partial charge in [0.25, 0.3) is 0 Å². The van der Waals surface area contributed by atoms with E-state index in [4.69, 9.17) is 16.3 Å². The maximum atomic E-state index is 9.72. The van der Waals surface area contributed by atoms with Crippen LogP contribution < -0.4 is 10.1 Å². The Balaban J connectivity index is 1.70. The fraction of sp³-hybridized carbons (Fsp3) is 0.222. The monoisotopic (exact) mass is 448 g/mol. The van der Waals surface area contributed by atoms with Gasteiger partial charge in [0, 0.05) is 28.7 Å². The quantitative estimate of drug-likeness (QED) is 0.348. The van der Waals surface area contributed by atoms with Crippen LogP contribution in [-0.4, -0.2) is 16.6 Å². The summed E-state index contributed by atoms with van der Waals surface area (Å²) in [6.45, 7) is 14.6. The molecule has 0 amide bonds. The summed E-state index contributed by atoms with van der Waals surface area (Å²) in [6.07, 6.45) is 1.84. The molecule has 5 heteroatoms. The van der Waals surface area contributed by atoms with Crippen LogP contribution in [0.25, 0.3) is 16.8 Å². The van der Waals surface area contributed by atoms with Crippen LogP contribution in [0.3, 0.4) is 0 Å². The summed E-state index contributed by atoms with van der Waals surface area (Å²) in [5.74, 6) is 0.924. The zero-order chi connectivity index (χ0) is 23.3. The molecule has 3 aromatic rings. The number of aliphatic hydroxyl groups is 1. The van der Waals surface area contributed by atoms with E-state index in [1.165, 1.54) is 0 Å². The minimum atomic E-state index is -0.455. The number of hydrogen-bond acceptors (Lipinski definition) is 4. The summed E-state index contributed by atoms with van der Waals surface area (Å²) in [5, 5.41) is 13.7. The number of aromatic nitrogens is 1. The van der Waals surface area contributed by atoms with Crippen LogP contribution in [-0.2, 0) is 6.61 Å². The third-order valence-electron chi connectivity index (χ3n) is 5.38. The fourth-order valence-electron chi connectivity index (χ4n) is 3.07. The number of benzene rings is 2. The van der Waals surface area contributed by atoms with Crippen molar-refractivity contribution in [3.63, 3.8) is 0 Å². The third kappa shape index (κ3) is 5.92. The molecule has 1 aromatic heterocycles. The molecule has 4 nitrogen and oxygen atoms in total. The second kappa shape index (κ2) is 9.92. The van der Waals surface area contributed by atoms with Crippen molar-refractivity contribution in [2.24, 2.45) is 5.41 Å². The molecule has 0 radical (unpaired) electrons. The second-order valence-corrected chi connectivity index (χ2v) is 8.93. The van der Waals surface area contributed by atoms with Gasteiger partial charge in [-0.2, -0.15) is 0 Å². The number of aryl methyl sites for hydroxylation is 1. The highest BCUT2D eigenvalue weighted by Crippen LogP contribution is 2.27. The SMILES string of the molecule is C=C(NCC(C)(C)C(=C)O)c1ncc(-c2cccc(OCc3ccc(Cl)cc3)c2)cc1C. The lowest BCUT2D eigenvalue weighted by atomic mass is 9.91. The van der Waals surface area contributed by atoms with Crippen LogP contribution in [0.1, 0.15) is 30.7 Å². The van der Waals surface area contributed by atoms with Crippen molar-refractivity contribution < 1.29 is 9.84 Å². The van der Waals surface area contributed by atoms with Gasteiger partial charge < -0.3 is 15.2 Å². The molecule has 166 valence electrons. The molecule has 0 aliphatic heterocycles. The first kappa shape index (κ1) is 23.4. The first-order valence-electron chi connectivity index (χ1n) is 10.4. The topological polar surface area (TPSA) is 54.4 Å². The molecule has 0 fully saturated rings. The maximum absolute atomic E-state index is 9.72. The molecule has 0 atom stereocenters. The van der Waals surface area contributed by atoms with E-state index in [1.807, 2.05) is 75.5 Å². The number of ether oxygens (including phenoxy) is 1. The Morgan fingerprint density at radius 2 is 1.81 bits per heavy atom. The Bertz CT molecular complexity index is 1120. The normalized spacial score (nSPS) is 11.1. The van der Waals surface area contributed by atoms with Crippen LogP contribution in [0.2, 0.25) is 5.02 Å². The van der Waals surface area contributed by atoms with Gasteiger partial charge in [-0.3, -0.25) is 4.98 Å². The van der Waals surface area contributed by atoms with Crippen LogP contribution in [0.4, 0.5) is 0 Å². The largest absolute Gasteiger partial charge is 0.512 e. The van der Waals surface area contributed by atoms with E-state index >= 15 is 0 Å². The summed E-state index contributed by atoms with van der Waals surface area (Å²) in [6, 6.07) is 17.7. The molecular weight excluding hydrogens is 420 g/mol. The highest BCUT2D eigenvalue weighted by molar-refractivity contribution is 6.30. The molecule has 1 heterocycles. The van der Waals surface area contributed by atoms with E-state index in [0.29, 0.717) is 23.9 Å². The number of rotatable bonds is 9. The lowest BCUT2D eigenvalue weighted by Crippen LogP contribution is -2.30. The molecule has 0 saturated carbocycles. The van der Waals surface area contributed by atoms with E-state index in [1.54, 1.807) is 0 Å². The molecule has 0 saturated heterocycles. The molecule has 2 N–H and O–H groups in total. The van der Waals surface area contributed by atoms with Crippen molar-refractivity contribution in [3.8, 4) is 16.9 Å². The summed E-state index contributed by atoms with van der Waals surface area (Å²) < 4.78 is 5.95. The lowest BCUT2D eigenvalue weighted by molar-refractivity contribution is 0.259.